The maximum atomic E-state index is 13.2. The molecule has 1 aliphatic rings. The first-order chi connectivity index (χ1) is 15.2. The fourth-order valence-electron chi connectivity index (χ4n) is 3.80. The highest BCUT2D eigenvalue weighted by Crippen LogP contribution is 2.45. The average molecular weight is 472 g/mol. The zero-order valence-corrected chi connectivity index (χ0v) is 19.0. The maximum Gasteiger partial charge on any atom is 0.300 e. The Morgan fingerprint density at radius 2 is 1.84 bits per heavy atom. The number of aryl methyl sites for hydroxylation is 2. The molecule has 1 N–H and O–H groups in total. The molecule has 8 heteroatoms. The Bertz CT molecular complexity index is 1260. The monoisotopic (exact) mass is 471 g/mol. The molecule has 4 rings (SSSR count). The van der Waals surface area contributed by atoms with Crippen molar-refractivity contribution in [2.24, 2.45) is 0 Å². The van der Waals surface area contributed by atoms with Gasteiger partial charge >= 0.3 is 0 Å². The number of ketones is 1. The Hall–Kier alpha value is -3.22. The predicted octanol–water partition coefficient (Wildman–Crippen LogP) is 5.84. The number of Topliss-reactive ketones (excluding diaryl/α,β-unsaturated/α-hetero) is 1. The largest absolute Gasteiger partial charge is 0.507 e. The first-order valence-corrected chi connectivity index (χ1v) is 10.4. The molecule has 1 aliphatic heterocycles. The van der Waals surface area contributed by atoms with Gasteiger partial charge in [-0.15, -0.1) is 0 Å². The molecule has 1 aromatic heterocycles. The molecule has 6 nitrogen and oxygen atoms in total. The van der Waals surface area contributed by atoms with E-state index in [1.54, 1.807) is 49.4 Å². The lowest BCUT2D eigenvalue weighted by Crippen LogP contribution is -2.29. The van der Waals surface area contributed by atoms with Crippen LogP contribution in [0.4, 0.5) is 5.69 Å². The summed E-state index contributed by atoms with van der Waals surface area (Å²) in [5.74, 6) is -1.59. The van der Waals surface area contributed by atoms with Crippen LogP contribution in [0.1, 0.15) is 28.5 Å². The summed E-state index contributed by atoms with van der Waals surface area (Å²) in [5.41, 5.74) is 2.03. The fourth-order valence-corrected chi connectivity index (χ4v) is 4.33. The highest BCUT2D eigenvalue weighted by Gasteiger charge is 2.48. The van der Waals surface area contributed by atoms with Crippen LogP contribution in [0, 0.1) is 13.8 Å². The molecule has 2 heterocycles. The molecule has 0 radical (unpaired) electrons. The molecule has 3 aromatic rings. The minimum absolute atomic E-state index is 0.137. The van der Waals surface area contributed by atoms with Crippen LogP contribution < -0.4 is 9.64 Å². The lowest BCUT2D eigenvalue weighted by Gasteiger charge is -2.24. The zero-order valence-electron chi connectivity index (χ0n) is 17.5. The van der Waals surface area contributed by atoms with Crippen molar-refractivity contribution in [2.45, 2.75) is 19.9 Å². The summed E-state index contributed by atoms with van der Waals surface area (Å²) in [6.07, 6.45) is 1.43. The van der Waals surface area contributed by atoms with Crippen molar-refractivity contribution in [1.82, 2.24) is 0 Å². The molecular formula is C24H19Cl2NO5. The van der Waals surface area contributed by atoms with Gasteiger partial charge in [0, 0.05) is 10.7 Å². The molecular weight excluding hydrogens is 453 g/mol. The van der Waals surface area contributed by atoms with Crippen molar-refractivity contribution in [3.63, 3.8) is 0 Å². The lowest BCUT2D eigenvalue weighted by atomic mass is 9.97. The minimum atomic E-state index is -1.01. The SMILES string of the molecule is COc1c(Cl)cc(C)cc1/C(O)=C1/C(=O)C(=O)N(c2ccc(C)c(Cl)c2)C1c1ccco1. The summed E-state index contributed by atoms with van der Waals surface area (Å²) in [6, 6.07) is 10.6. The van der Waals surface area contributed by atoms with Gasteiger partial charge in [0.15, 0.2) is 0 Å². The van der Waals surface area contributed by atoms with E-state index in [-0.39, 0.29) is 21.9 Å². The molecule has 0 aliphatic carbocycles. The first kappa shape index (κ1) is 22.0. The molecule has 0 spiro atoms. The Morgan fingerprint density at radius 1 is 1.09 bits per heavy atom. The number of benzene rings is 2. The number of amides is 1. The van der Waals surface area contributed by atoms with Gasteiger partial charge in [-0.3, -0.25) is 14.5 Å². The Balaban J connectivity index is 1.99. The summed E-state index contributed by atoms with van der Waals surface area (Å²) in [7, 11) is 1.41. The number of anilines is 1. The van der Waals surface area contributed by atoms with Crippen LogP contribution in [0.3, 0.4) is 0 Å². The van der Waals surface area contributed by atoms with Crippen molar-refractivity contribution in [2.75, 3.05) is 12.0 Å². The van der Waals surface area contributed by atoms with Gasteiger partial charge in [-0.25, -0.2) is 0 Å². The van der Waals surface area contributed by atoms with Gasteiger partial charge < -0.3 is 14.3 Å². The van der Waals surface area contributed by atoms with E-state index in [4.69, 9.17) is 32.4 Å². The van der Waals surface area contributed by atoms with Crippen LogP contribution in [-0.2, 0) is 9.59 Å². The number of aliphatic hydroxyl groups is 1. The number of hydrogen-bond donors (Lipinski definition) is 1. The number of hydrogen-bond acceptors (Lipinski definition) is 5. The number of ether oxygens (including phenoxy) is 1. The van der Waals surface area contributed by atoms with Gasteiger partial charge in [0.2, 0.25) is 0 Å². The van der Waals surface area contributed by atoms with Crippen LogP contribution in [0.5, 0.6) is 5.75 Å². The lowest BCUT2D eigenvalue weighted by molar-refractivity contribution is -0.132. The van der Waals surface area contributed by atoms with Gasteiger partial charge in [0.05, 0.1) is 29.5 Å². The average Bonchev–Trinajstić information content (AvgIpc) is 3.36. The summed E-state index contributed by atoms with van der Waals surface area (Å²) in [6.45, 7) is 3.62. The quantitative estimate of drug-likeness (QED) is 0.293. The summed E-state index contributed by atoms with van der Waals surface area (Å²) >= 11 is 12.6. The Morgan fingerprint density at radius 3 is 2.47 bits per heavy atom. The smallest absolute Gasteiger partial charge is 0.300 e. The number of rotatable bonds is 4. The second kappa shape index (κ2) is 8.37. The Labute approximate surface area is 194 Å². The number of nitrogens with zero attached hydrogens (tertiary/aromatic N) is 1. The van der Waals surface area contributed by atoms with Crippen LogP contribution in [0.15, 0.2) is 58.7 Å². The third kappa shape index (κ3) is 3.55. The van der Waals surface area contributed by atoms with Gasteiger partial charge in [0.25, 0.3) is 11.7 Å². The van der Waals surface area contributed by atoms with Gasteiger partial charge in [-0.2, -0.15) is 0 Å². The van der Waals surface area contributed by atoms with E-state index in [0.29, 0.717) is 16.5 Å². The van der Waals surface area contributed by atoms with E-state index in [0.717, 1.165) is 11.1 Å². The summed E-state index contributed by atoms with van der Waals surface area (Å²) < 4.78 is 10.9. The highest BCUT2D eigenvalue weighted by atomic mass is 35.5. The summed E-state index contributed by atoms with van der Waals surface area (Å²) in [5, 5.41) is 12.0. The number of carbonyl (C=O) groups excluding carboxylic acids is 2. The maximum absolute atomic E-state index is 13.2. The predicted molar refractivity (Wildman–Crippen MR) is 122 cm³/mol. The van der Waals surface area contributed by atoms with E-state index in [1.165, 1.54) is 18.3 Å². The molecule has 1 amide bonds. The highest BCUT2D eigenvalue weighted by molar-refractivity contribution is 6.52. The van der Waals surface area contributed by atoms with Crippen LogP contribution in [0.2, 0.25) is 10.0 Å². The van der Waals surface area contributed by atoms with E-state index in [2.05, 4.69) is 0 Å². The third-order valence-corrected chi connectivity index (χ3v) is 6.03. The van der Waals surface area contributed by atoms with Crippen molar-refractivity contribution in [1.29, 1.82) is 0 Å². The molecule has 1 atom stereocenters. The molecule has 0 bridgehead atoms. The topological polar surface area (TPSA) is 80.0 Å². The molecule has 164 valence electrons. The molecule has 0 saturated carbocycles. The molecule has 1 unspecified atom stereocenters. The molecule has 32 heavy (non-hydrogen) atoms. The molecule has 2 aromatic carbocycles. The van der Waals surface area contributed by atoms with Crippen LogP contribution in [0.25, 0.3) is 5.76 Å². The molecule has 1 saturated heterocycles. The van der Waals surface area contributed by atoms with Gasteiger partial charge in [-0.05, 0) is 61.4 Å². The van der Waals surface area contributed by atoms with Gasteiger partial charge in [-0.1, -0.05) is 29.3 Å². The van der Waals surface area contributed by atoms with Gasteiger partial charge in [0.1, 0.15) is 23.3 Å². The second-order valence-corrected chi connectivity index (χ2v) is 8.26. The standard InChI is InChI=1S/C24H19Cl2NO5/c1-12-9-15(23(31-3)17(26)10-12)21(28)19-20(18-5-4-8-32-18)27(24(30)22(19)29)14-7-6-13(2)16(25)11-14/h4-11,20,28H,1-3H3/b21-19-. The number of carbonyl (C=O) groups is 2. The minimum Gasteiger partial charge on any atom is -0.507 e. The number of furan rings is 1. The molecule has 1 fully saturated rings. The Kier molecular flexibility index (Phi) is 5.75. The van der Waals surface area contributed by atoms with Crippen molar-refractivity contribution in [3.05, 3.63) is 86.8 Å². The number of aliphatic hydroxyl groups excluding tert-OH is 1. The third-order valence-electron chi connectivity index (χ3n) is 5.34. The van der Waals surface area contributed by atoms with Crippen LogP contribution in [-0.4, -0.2) is 23.9 Å². The van der Waals surface area contributed by atoms with E-state index >= 15 is 0 Å². The fraction of sp³-hybridized carbons (Fsp3) is 0.167. The number of methoxy groups -OCH3 is 1. The normalized spacial score (nSPS) is 17.8. The van der Waals surface area contributed by atoms with Crippen molar-refractivity contribution in [3.8, 4) is 5.75 Å². The second-order valence-electron chi connectivity index (χ2n) is 7.45. The van der Waals surface area contributed by atoms with Crippen LogP contribution >= 0.6 is 23.2 Å². The van der Waals surface area contributed by atoms with Crippen molar-refractivity contribution < 1.29 is 23.8 Å². The van der Waals surface area contributed by atoms with Crippen molar-refractivity contribution >= 4 is 46.3 Å². The van der Waals surface area contributed by atoms with E-state index in [1.807, 2.05) is 6.92 Å². The van der Waals surface area contributed by atoms with E-state index in [9.17, 15) is 14.7 Å². The first-order valence-electron chi connectivity index (χ1n) is 9.69. The van der Waals surface area contributed by atoms with E-state index < -0.39 is 23.5 Å². The number of halogens is 2. The summed E-state index contributed by atoms with van der Waals surface area (Å²) in [4.78, 5) is 27.6. The zero-order chi connectivity index (χ0) is 23.2.